The van der Waals surface area contributed by atoms with Gasteiger partial charge < -0.3 is 14.9 Å². The molecule has 1 N–H and O–H groups in total. The van der Waals surface area contributed by atoms with Crippen molar-refractivity contribution in [3.63, 3.8) is 0 Å². The summed E-state index contributed by atoms with van der Waals surface area (Å²) in [6.45, 7) is 1.71. The number of urea groups is 1. The third-order valence-electron chi connectivity index (χ3n) is 5.58. The van der Waals surface area contributed by atoms with Crippen LogP contribution in [0, 0.1) is 5.92 Å². The summed E-state index contributed by atoms with van der Waals surface area (Å²) in [4.78, 5) is 25.4. The number of carbonyl (C=O) groups is 2. The van der Waals surface area contributed by atoms with E-state index in [0.29, 0.717) is 5.75 Å². The Morgan fingerprint density at radius 1 is 1.34 bits per heavy atom. The molecule has 1 aromatic rings. The molecule has 1 heterocycles. The maximum absolute atomic E-state index is 12.6. The van der Waals surface area contributed by atoms with E-state index in [0.717, 1.165) is 0 Å². The number of methoxy groups -OCH3 is 1. The molecule has 0 saturated carbocycles. The molecule has 2 amide bonds. The third kappa shape index (κ3) is 4.88. The van der Waals surface area contributed by atoms with Crippen molar-refractivity contribution >= 4 is 21.8 Å². The van der Waals surface area contributed by atoms with Crippen LogP contribution < -0.4 is 9.84 Å². The van der Waals surface area contributed by atoms with Crippen LogP contribution in [0.3, 0.4) is 0 Å². The van der Waals surface area contributed by atoms with Crippen molar-refractivity contribution in [1.29, 1.82) is 0 Å². The Hall–Kier alpha value is -2.17. The van der Waals surface area contributed by atoms with Crippen molar-refractivity contribution in [2.45, 2.75) is 30.4 Å². The molecule has 1 saturated heterocycles. The van der Waals surface area contributed by atoms with E-state index in [1.54, 1.807) is 14.1 Å². The SMILES string of the molecule is COc1ccc(S(=O)(=O)CC(CCCN2CC(C)([O-])[N+](C)(C)C2=O)C(=O)O)cc1. The maximum atomic E-state index is 12.6. The van der Waals surface area contributed by atoms with Gasteiger partial charge in [0.05, 0.1) is 50.0 Å². The molecule has 0 aromatic heterocycles. The number of rotatable bonds is 9. The van der Waals surface area contributed by atoms with Gasteiger partial charge in [0.2, 0.25) is 0 Å². The first-order valence-electron chi connectivity index (χ1n) is 9.25. The van der Waals surface area contributed by atoms with Crippen molar-refractivity contribution in [2.75, 3.05) is 40.0 Å². The monoisotopic (exact) mass is 428 g/mol. The molecule has 9 nitrogen and oxygen atoms in total. The summed E-state index contributed by atoms with van der Waals surface area (Å²) in [6.07, 6.45) is 0.369. The van der Waals surface area contributed by atoms with Gasteiger partial charge in [0.15, 0.2) is 9.84 Å². The Kier molecular flexibility index (Phi) is 6.61. The molecule has 1 aromatic carbocycles. The number of carboxylic acid groups (broad SMARTS) is 1. The number of likely N-dealkylation sites (N-methyl/N-ethyl adjacent to an activating group) is 1. The van der Waals surface area contributed by atoms with Gasteiger partial charge in [-0.15, -0.1) is 0 Å². The lowest BCUT2D eigenvalue weighted by Crippen LogP contribution is -2.64. The van der Waals surface area contributed by atoms with Gasteiger partial charge in [-0.3, -0.25) is 14.2 Å². The average Bonchev–Trinajstić information content (AvgIpc) is 2.79. The highest BCUT2D eigenvalue weighted by molar-refractivity contribution is 7.91. The molecule has 2 rings (SSSR count). The van der Waals surface area contributed by atoms with Crippen LogP contribution >= 0.6 is 0 Å². The lowest BCUT2D eigenvalue weighted by Gasteiger charge is -2.41. The van der Waals surface area contributed by atoms with Gasteiger partial charge in [0.25, 0.3) is 0 Å². The molecular weight excluding hydrogens is 400 g/mol. The van der Waals surface area contributed by atoms with E-state index < -0.39 is 33.2 Å². The van der Waals surface area contributed by atoms with Gasteiger partial charge in [-0.05, 0) is 44.0 Å². The predicted octanol–water partition coefficient (Wildman–Crippen LogP) is 0.538. The minimum atomic E-state index is -3.80. The number of hydrogen-bond donors (Lipinski definition) is 1. The zero-order valence-electron chi connectivity index (χ0n) is 17.1. The predicted molar refractivity (Wildman–Crippen MR) is 103 cm³/mol. The number of sulfone groups is 1. The van der Waals surface area contributed by atoms with Crippen LogP contribution in [0.2, 0.25) is 0 Å². The molecular formula is C19H28N2O7S. The fourth-order valence-electron chi connectivity index (χ4n) is 3.28. The first kappa shape index (κ1) is 23.1. The minimum Gasteiger partial charge on any atom is -0.802 e. The van der Waals surface area contributed by atoms with Crippen LogP contribution in [0.4, 0.5) is 4.79 Å². The number of ether oxygens (including phenoxy) is 1. The zero-order valence-corrected chi connectivity index (χ0v) is 17.9. The topological polar surface area (TPSA) is 124 Å². The number of hydrogen-bond acceptors (Lipinski definition) is 6. The Bertz CT molecular complexity index is 863. The average molecular weight is 429 g/mol. The van der Waals surface area contributed by atoms with Gasteiger partial charge in [-0.2, -0.15) is 0 Å². The zero-order chi connectivity index (χ0) is 22.0. The number of nitrogens with zero attached hydrogens (tertiary/aromatic N) is 2. The number of benzene rings is 1. The van der Waals surface area contributed by atoms with E-state index in [1.165, 1.54) is 43.2 Å². The van der Waals surface area contributed by atoms with E-state index in [9.17, 15) is 28.2 Å². The molecule has 29 heavy (non-hydrogen) atoms. The van der Waals surface area contributed by atoms with Crippen molar-refractivity contribution < 1.29 is 37.4 Å². The lowest BCUT2D eigenvalue weighted by molar-refractivity contribution is -0.945. The van der Waals surface area contributed by atoms with Crippen LogP contribution in [0.5, 0.6) is 5.75 Å². The summed E-state index contributed by atoms with van der Waals surface area (Å²) in [5, 5.41) is 22.0. The van der Waals surface area contributed by atoms with Crippen LogP contribution in [0.1, 0.15) is 19.8 Å². The molecule has 10 heteroatoms. The number of carboxylic acids is 1. The van der Waals surface area contributed by atoms with Gasteiger partial charge >= 0.3 is 12.0 Å². The first-order chi connectivity index (χ1) is 13.3. The molecule has 0 bridgehead atoms. The first-order valence-corrected chi connectivity index (χ1v) is 10.9. The molecule has 2 atom stereocenters. The standard InChI is InChI=1S/C19H28N2O7S/c1-19(25)13-20(18(24)21(19,2)3)11-5-6-14(17(22)23)12-29(26,27)16-9-7-15(28-4)8-10-16/h7-10,14H,5-6,11-13H2,1-4H3,(H,22,23). The van der Waals surface area contributed by atoms with Gasteiger partial charge in [-0.25, -0.2) is 13.2 Å². The Balaban J connectivity index is 2.00. The van der Waals surface area contributed by atoms with Crippen molar-refractivity contribution in [2.24, 2.45) is 5.92 Å². The van der Waals surface area contributed by atoms with Crippen molar-refractivity contribution in [1.82, 2.24) is 4.90 Å². The number of aliphatic carboxylic acids is 1. The summed E-state index contributed by atoms with van der Waals surface area (Å²) in [7, 11) is 0.771. The number of quaternary nitrogens is 1. The molecule has 162 valence electrons. The second-order valence-corrected chi connectivity index (χ2v) is 10.0. The fourth-order valence-corrected chi connectivity index (χ4v) is 4.86. The summed E-state index contributed by atoms with van der Waals surface area (Å²) in [5.74, 6) is -2.36. The molecule has 0 spiro atoms. The second-order valence-electron chi connectivity index (χ2n) is 7.97. The summed E-state index contributed by atoms with van der Waals surface area (Å²) in [6, 6.07) is 5.44. The van der Waals surface area contributed by atoms with E-state index in [1.807, 2.05) is 0 Å². The summed E-state index contributed by atoms with van der Waals surface area (Å²) in [5.41, 5.74) is -1.49. The third-order valence-corrected chi connectivity index (χ3v) is 7.42. The largest absolute Gasteiger partial charge is 0.802 e. The molecule has 1 aliphatic rings. The van der Waals surface area contributed by atoms with Crippen molar-refractivity contribution in [3.8, 4) is 5.75 Å². The van der Waals surface area contributed by atoms with E-state index in [-0.39, 0.29) is 41.3 Å². The molecule has 0 aliphatic carbocycles. The summed E-state index contributed by atoms with van der Waals surface area (Å²) >= 11 is 0. The molecule has 2 unspecified atom stereocenters. The second kappa shape index (κ2) is 8.29. The highest BCUT2D eigenvalue weighted by Crippen LogP contribution is 2.27. The number of carbonyl (C=O) groups excluding carboxylic acids is 1. The van der Waals surface area contributed by atoms with Crippen LogP contribution in [0.25, 0.3) is 0 Å². The normalized spacial score (nSPS) is 22.5. The van der Waals surface area contributed by atoms with Gasteiger partial charge in [0, 0.05) is 6.54 Å². The van der Waals surface area contributed by atoms with Crippen molar-refractivity contribution in [3.05, 3.63) is 24.3 Å². The smallest absolute Gasteiger partial charge is 0.418 e. The maximum Gasteiger partial charge on any atom is 0.418 e. The highest BCUT2D eigenvalue weighted by atomic mass is 32.2. The Morgan fingerprint density at radius 3 is 2.38 bits per heavy atom. The number of amides is 2. The molecule has 1 fully saturated rings. The minimum absolute atomic E-state index is 0.0282. The Morgan fingerprint density at radius 2 is 1.93 bits per heavy atom. The lowest BCUT2D eigenvalue weighted by atomic mass is 10.1. The van der Waals surface area contributed by atoms with Gasteiger partial charge in [0.1, 0.15) is 5.75 Å². The van der Waals surface area contributed by atoms with E-state index >= 15 is 0 Å². The van der Waals surface area contributed by atoms with E-state index in [4.69, 9.17) is 4.74 Å². The van der Waals surface area contributed by atoms with Crippen LogP contribution in [-0.4, -0.2) is 80.7 Å². The van der Waals surface area contributed by atoms with Crippen LogP contribution in [0.15, 0.2) is 29.2 Å². The quantitative estimate of drug-likeness (QED) is 0.569. The van der Waals surface area contributed by atoms with Crippen LogP contribution in [-0.2, 0) is 14.6 Å². The fraction of sp³-hybridized carbons (Fsp3) is 0.579. The molecule has 0 radical (unpaired) electrons. The highest BCUT2D eigenvalue weighted by Gasteiger charge is 2.49. The molecule has 1 aliphatic heterocycles. The van der Waals surface area contributed by atoms with E-state index in [2.05, 4.69) is 0 Å². The Labute approximate surface area is 171 Å². The van der Waals surface area contributed by atoms with Gasteiger partial charge in [-0.1, -0.05) is 0 Å². The summed E-state index contributed by atoms with van der Waals surface area (Å²) < 4.78 is 29.8.